The van der Waals surface area contributed by atoms with E-state index in [0.29, 0.717) is 0 Å². The molecule has 0 bridgehead atoms. The molecule has 0 heterocycles. The highest BCUT2D eigenvalue weighted by molar-refractivity contribution is 7.87. The second-order valence-electron chi connectivity index (χ2n) is 2.09. The number of hydrogen-bond donors (Lipinski definition) is 1. The van der Waals surface area contributed by atoms with Crippen LogP contribution in [-0.4, -0.2) is 43.9 Å². The lowest BCUT2D eigenvalue weighted by Crippen LogP contribution is -2.39. The van der Waals surface area contributed by atoms with Crippen LogP contribution in [0.1, 0.15) is 0 Å². The molecular formula is C5H6F2O7S. The monoisotopic (exact) mass is 248 g/mol. The van der Waals surface area contributed by atoms with Crippen LogP contribution in [0.4, 0.5) is 8.78 Å². The minimum atomic E-state index is -5.86. The predicted octanol–water partition coefficient (Wildman–Crippen LogP) is -0.817. The van der Waals surface area contributed by atoms with Crippen molar-refractivity contribution in [1.29, 1.82) is 0 Å². The molecular weight excluding hydrogens is 242 g/mol. The minimum absolute atomic E-state index is 0.0191. The summed E-state index contributed by atoms with van der Waals surface area (Å²) in [6, 6.07) is 0. The highest BCUT2D eigenvalue weighted by atomic mass is 32.2. The fourth-order valence-corrected chi connectivity index (χ4v) is 0.689. The molecule has 10 heteroatoms. The summed E-state index contributed by atoms with van der Waals surface area (Å²) in [6.07, 6.45) is 0. The van der Waals surface area contributed by atoms with Gasteiger partial charge in [0.25, 0.3) is 6.47 Å². The van der Waals surface area contributed by atoms with E-state index in [9.17, 15) is 26.8 Å². The molecule has 0 aromatic heterocycles. The van der Waals surface area contributed by atoms with Crippen molar-refractivity contribution in [3.8, 4) is 0 Å². The van der Waals surface area contributed by atoms with Crippen LogP contribution in [0.15, 0.2) is 0 Å². The summed E-state index contributed by atoms with van der Waals surface area (Å²) in [4.78, 5) is 20.0. The topological polar surface area (TPSA) is 107 Å². The zero-order valence-corrected chi connectivity index (χ0v) is 7.87. The van der Waals surface area contributed by atoms with Crippen LogP contribution in [0.2, 0.25) is 0 Å². The molecule has 7 nitrogen and oxygen atoms in total. The first-order chi connectivity index (χ1) is 6.73. The van der Waals surface area contributed by atoms with E-state index >= 15 is 0 Å². The van der Waals surface area contributed by atoms with Gasteiger partial charge in [-0.15, -0.1) is 0 Å². The zero-order valence-electron chi connectivity index (χ0n) is 7.05. The molecule has 0 atom stereocenters. The van der Waals surface area contributed by atoms with Gasteiger partial charge in [-0.2, -0.15) is 17.2 Å². The van der Waals surface area contributed by atoms with Crippen molar-refractivity contribution < 1.29 is 40.8 Å². The third-order valence-electron chi connectivity index (χ3n) is 1.06. The van der Waals surface area contributed by atoms with E-state index < -0.39 is 34.6 Å². The average molecular weight is 248 g/mol. The first-order valence-corrected chi connectivity index (χ1v) is 4.75. The highest BCUT2D eigenvalue weighted by Gasteiger charge is 2.54. The Labute approximate surface area is 82.7 Å². The van der Waals surface area contributed by atoms with Crippen molar-refractivity contribution in [3.63, 3.8) is 0 Å². The molecule has 0 rings (SSSR count). The highest BCUT2D eigenvalue weighted by Crippen LogP contribution is 2.21. The van der Waals surface area contributed by atoms with E-state index in [1.54, 1.807) is 0 Å². The van der Waals surface area contributed by atoms with Crippen LogP contribution in [-0.2, 0) is 29.2 Å². The number of esters is 1. The largest absolute Gasteiger partial charge is 0.465 e. The third kappa shape index (κ3) is 3.75. The van der Waals surface area contributed by atoms with Gasteiger partial charge in [-0.05, 0) is 0 Å². The van der Waals surface area contributed by atoms with Crippen molar-refractivity contribution in [2.45, 2.75) is 5.25 Å². The van der Waals surface area contributed by atoms with Crippen molar-refractivity contribution in [1.82, 2.24) is 0 Å². The van der Waals surface area contributed by atoms with Gasteiger partial charge >= 0.3 is 21.3 Å². The molecule has 15 heavy (non-hydrogen) atoms. The lowest BCUT2D eigenvalue weighted by molar-refractivity contribution is -0.163. The van der Waals surface area contributed by atoms with Crippen LogP contribution in [0.5, 0.6) is 0 Å². The lowest BCUT2D eigenvalue weighted by atomic mass is 10.7. The normalized spacial score (nSPS) is 11.9. The Morgan fingerprint density at radius 3 is 2.33 bits per heavy atom. The minimum Gasteiger partial charge on any atom is -0.464 e. The van der Waals surface area contributed by atoms with E-state index in [2.05, 4.69) is 9.47 Å². The maximum absolute atomic E-state index is 12.4. The smallest absolute Gasteiger partial charge is 0.464 e. The van der Waals surface area contributed by atoms with Gasteiger partial charge in [-0.1, -0.05) is 0 Å². The number of alkyl halides is 2. The molecule has 0 aromatic rings. The van der Waals surface area contributed by atoms with Gasteiger partial charge in [0, 0.05) is 0 Å². The van der Waals surface area contributed by atoms with Gasteiger partial charge < -0.3 is 9.47 Å². The Balaban J connectivity index is 4.28. The summed E-state index contributed by atoms with van der Waals surface area (Å²) >= 11 is 0. The fraction of sp³-hybridized carbons (Fsp3) is 0.600. The van der Waals surface area contributed by atoms with Gasteiger partial charge in [0.15, 0.2) is 0 Å². The number of rotatable bonds is 6. The molecule has 88 valence electrons. The molecule has 0 spiro atoms. The standard InChI is InChI=1S/C5H6F2O7S/c6-5(7,15(10,11)12)4(9)14-2-1-13-3-8/h3H,1-2H2,(H,10,11,12). The van der Waals surface area contributed by atoms with E-state index in [-0.39, 0.29) is 6.47 Å². The van der Waals surface area contributed by atoms with Crippen LogP contribution in [0, 0.1) is 0 Å². The second kappa shape index (κ2) is 4.98. The van der Waals surface area contributed by atoms with Crippen LogP contribution in [0.25, 0.3) is 0 Å². The molecule has 0 radical (unpaired) electrons. The molecule has 1 N–H and O–H groups in total. The number of hydrogen-bond acceptors (Lipinski definition) is 6. The molecule has 0 aliphatic carbocycles. The first-order valence-electron chi connectivity index (χ1n) is 3.30. The molecule has 0 saturated carbocycles. The Morgan fingerprint density at radius 1 is 1.40 bits per heavy atom. The first kappa shape index (κ1) is 13.7. The molecule has 0 fully saturated rings. The fourth-order valence-electron chi connectivity index (χ4n) is 0.420. The molecule has 0 unspecified atom stereocenters. The second-order valence-corrected chi connectivity index (χ2v) is 3.56. The molecule has 0 amide bonds. The number of carbonyl (C=O) groups is 2. The average Bonchev–Trinajstić information content (AvgIpc) is 2.10. The molecule has 0 aromatic carbocycles. The number of halogens is 2. The summed E-state index contributed by atoms with van der Waals surface area (Å²) in [5.41, 5.74) is 0. The SMILES string of the molecule is O=COCCOC(=O)C(F)(F)S(=O)(=O)O. The van der Waals surface area contributed by atoms with E-state index in [4.69, 9.17) is 4.55 Å². The van der Waals surface area contributed by atoms with E-state index in [0.717, 1.165) is 0 Å². The maximum Gasteiger partial charge on any atom is 0.465 e. The van der Waals surface area contributed by atoms with Crippen molar-refractivity contribution in [2.75, 3.05) is 13.2 Å². The quantitative estimate of drug-likeness (QED) is 0.283. The number of ether oxygens (including phenoxy) is 2. The van der Waals surface area contributed by atoms with Crippen LogP contribution < -0.4 is 0 Å². The Kier molecular flexibility index (Phi) is 4.55. The Morgan fingerprint density at radius 2 is 1.93 bits per heavy atom. The van der Waals surface area contributed by atoms with Gasteiger partial charge in [0.2, 0.25) is 0 Å². The summed E-state index contributed by atoms with van der Waals surface area (Å²) < 4.78 is 60.5. The summed E-state index contributed by atoms with van der Waals surface area (Å²) in [7, 11) is -5.86. The summed E-state index contributed by atoms with van der Waals surface area (Å²) in [5, 5.41) is -5.03. The number of carbonyl (C=O) groups excluding carboxylic acids is 2. The predicted molar refractivity (Wildman–Crippen MR) is 39.5 cm³/mol. The van der Waals surface area contributed by atoms with E-state index in [1.807, 2.05) is 0 Å². The van der Waals surface area contributed by atoms with Gasteiger partial charge in [0.1, 0.15) is 13.2 Å². The van der Waals surface area contributed by atoms with Crippen LogP contribution in [0.3, 0.4) is 0 Å². The van der Waals surface area contributed by atoms with Crippen molar-refractivity contribution in [2.24, 2.45) is 0 Å². The van der Waals surface area contributed by atoms with Crippen LogP contribution >= 0.6 is 0 Å². The Bertz CT molecular complexity index is 335. The summed E-state index contributed by atoms with van der Waals surface area (Å²) in [6.45, 7) is -1.27. The van der Waals surface area contributed by atoms with Gasteiger partial charge in [-0.25, -0.2) is 4.79 Å². The Hall–Kier alpha value is -1.29. The molecule has 0 aliphatic rings. The van der Waals surface area contributed by atoms with Gasteiger partial charge in [0.05, 0.1) is 0 Å². The third-order valence-corrected chi connectivity index (χ3v) is 1.88. The van der Waals surface area contributed by atoms with Crippen molar-refractivity contribution >= 4 is 22.6 Å². The van der Waals surface area contributed by atoms with Gasteiger partial charge in [-0.3, -0.25) is 9.35 Å². The maximum atomic E-state index is 12.4. The molecule has 0 aliphatic heterocycles. The zero-order chi connectivity index (χ0) is 12.1. The lowest BCUT2D eigenvalue weighted by Gasteiger charge is -2.11. The van der Waals surface area contributed by atoms with Crippen molar-refractivity contribution in [3.05, 3.63) is 0 Å². The molecule has 0 saturated heterocycles. The summed E-state index contributed by atoms with van der Waals surface area (Å²) in [5.74, 6) is -2.44. The van der Waals surface area contributed by atoms with E-state index in [1.165, 1.54) is 0 Å².